The molecule has 7 rings (SSSR count). The van der Waals surface area contributed by atoms with Crippen molar-refractivity contribution >= 4 is 132 Å². The lowest BCUT2D eigenvalue weighted by Gasteiger charge is -2.12. The van der Waals surface area contributed by atoms with Crippen molar-refractivity contribution in [3.8, 4) is 17.7 Å². The number of hydrogen-bond acceptors (Lipinski definition) is 21. The average Bonchev–Trinajstić information content (AvgIpc) is 3.93. The van der Waals surface area contributed by atoms with E-state index in [1.807, 2.05) is 0 Å². The summed E-state index contributed by atoms with van der Waals surface area (Å²) in [6.45, 7) is 7.29. The van der Waals surface area contributed by atoms with E-state index in [0.29, 0.717) is 37.4 Å². The average molecular weight is 1120 g/mol. The quantitative estimate of drug-likeness (QED) is 0.0128. The molecule has 0 unspecified atom stereocenters. The van der Waals surface area contributed by atoms with Crippen molar-refractivity contribution in [2.75, 3.05) is 29.2 Å². The third-order valence-corrected chi connectivity index (χ3v) is 15.1. The summed E-state index contributed by atoms with van der Waals surface area (Å²) in [5, 5.41) is 61.2. The summed E-state index contributed by atoms with van der Waals surface area (Å²) < 4.78 is 107. The van der Waals surface area contributed by atoms with Gasteiger partial charge in [0.15, 0.2) is 11.3 Å². The van der Waals surface area contributed by atoms with E-state index >= 15 is 0 Å². The molecule has 0 aliphatic carbocycles. The number of rotatable bonds is 21. The number of carbonyl (C=O) groups excluding carboxylic acids is 1. The van der Waals surface area contributed by atoms with Crippen LogP contribution in [0.15, 0.2) is 114 Å². The van der Waals surface area contributed by atoms with Crippen LogP contribution in [0.25, 0.3) is 33.0 Å². The minimum atomic E-state index is -4.72. The first kappa shape index (κ1) is 55.4. The standard InChI is InChI=1S/C46H43N11O13S5/c1-5-6-9-28-17-40-43(41(18-28)75(67,68)69)50-46(72-40)56-52-34-22-39(71-13-8-15-74(64,65)66)36(19-29(34)24-58)54-51-33-21-38(70-12-7-14-73(61,62)63)35(16-25(33)2)53-55-42-26(3)31(23-47)44-49-32-11-10-30(48-27(4)59)20-37(32)57(44)45(42)60/h5-6,9-11,16-22,58,60H,1,7-8,12-15,24H2,2-4H3,(H,48,59)(H,61,62,63)(H,64,65,66)(H,67,68,69). The van der Waals surface area contributed by atoms with Gasteiger partial charge in [-0.25, -0.2) is 9.97 Å². The van der Waals surface area contributed by atoms with Gasteiger partial charge in [0, 0.05) is 34.7 Å². The first-order valence-electron chi connectivity index (χ1n) is 21.9. The number of hydrogen-bond donors (Lipinski definition) is 6. The molecule has 29 heteroatoms. The van der Waals surface area contributed by atoms with E-state index in [9.17, 15) is 59.2 Å². The smallest absolute Gasteiger partial charge is 0.296 e. The van der Waals surface area contributed by atoms with Gasteiger partial charge in [0.2, 0.25) is 16.9 Å². The van der Waals surface area contributed by atoms with Gasteiger partial charge in [0.1, 0.15) is 33.5 Å². The summed E-state index contributed by atoms with van der Waals surface area (Å²) in [4.78, 5) is 20.5. The first-order valence-corrected chi connectivity index (χ1v) is 28.3. The number of azo groups is 3. The summed E-state index contributed by atoms with van der Waals surface area (Å²) in [6, 6.07) is 15.6. The number of fused-ring (bicyclic) bond motifs is 4. The predicted octanol–water partition coefficient (Wildman–Crippen LogP) is 10.5. The second-order valence-electron chi connectivity index (χ2n) is 16.2. The fourth-order valence-corrected chi connectivity index (χ4v) is 10.9. The maximum absolute atomic E-state index is 12.3. The number of allylic oxidation sites excluding steroid dienone is 2. The van der Waals surface area contributed by atoms with Crippen molar-refractivity contribution in [1.82, 2.24) is 14.4 Å². The Labute approximate surface area is 436 Å². The van der Waals surface area contributed by atoms with Crippen molar-refractivity contribution in [3.05, 3.63) is 101 Å². The number of amides is 1. The van der Waals surface area contributed by atoms with Crippen molar-refractivity contribution < 1.29 is 58.7 Å². The number of aromatic nitrogens is 3. The van der Waals surface area contributed by atoms with Crippen molar-refractivity contribution in [3.63, 3.8) is 0 Å². The zero-order valence-electron chi connectivity index (χ0n) is 39.6. The monoisotopic (exact) mass is 1120 g/mol. The molecule has 0 radical (unpaired) electrons. The third-order valence-electron chi connectivity index (χ3n) is 10.6. The van der Waals surface area contributed by atoms with E-state index in [-0.39, 0.29) is 98.3 Å². The predicted molar refractivity (Wildman–Crippen MR) is 281 cm³/mol. The minimum Gasteiger partial charge on any atom is -0.493 e. The number of benzene rings is 4. The van der Waals surface area contributed by atoms with Gasteiger partial charge in [0.25, 0.3) is 30.4 Å². The van der Waals surface area contributed by atoms with E-state index < -0.39 is 59.2 Å². The number of aryl methyl sites for hydroxylation is 1. The Morgan fingerprint density at radius 2 is 1.60 bits per heavy atom. The van der Waals surface area contributed by atoms with Crippen LogP contribution in [0.1, 0.15) is 47.6 Å². The molecule has 0 bridgehead atoms. The molecule has 0 spiro atoms. The second kappa shape index (κ2) is 23.0. The van der Waals surface area contributed by atoms with Gasteiger partial charge in [-0.1, -0.05) is 36.1 Å². The third kappa shape index (κ3) is 13.7. The summed E-state index contributed by atoms with van der Waals surface area (Å²) in [6.07, 6.45) is 4.51. The van der Waals surface area contributed by atoms with Gasteiger partial charge in [-0.2, -0.15) is 35.6 Å². The molecule has 0 fully saturated rings. The zero-order valence-corrected chi connectivity index (χ0v) is 43.7. The van der Waals surface area contributed by atoms with Gasteiger partial charge in [0.05, 0.1) is 57.5 Å². The lowest BCUT2D eigenvalue weighted by Crippen LogP contribution is -2.08. The highest BCUT2D eigenvalue weighted by molar-refractivity contribution is 7.99. The lowest BCUT2D eigenvalue weighted by atomic mass is 10.1. The van der Waals surface area contributed by atoms with Crippen molar-refractivity contribution in [2.45, 2.75) is 50.0 Å². The number of aromatic hydroxyl groups is 1. The highest BCUT2D eigenvalue weighted by Gasteiger charge is 2.23. The van der Waals surface area contributed by atoms with Crippen LogP contribution >= 0.6 is 23.1 Å². The number of ether oxygens (including phenoxy) is 1. The number of thiazole rings is 1. The number of carbonyl (C=O) groups is 1. The minimum absolute atomic E-state index is 0.00461. The van der Waals surface area contributed by atoms with Crippen LogP contribution < -0.4 is 10.1 Å². The molecule has 0 saturated heterocycles. The summed E-state index contributed by atoms with van der Waals surface area (Å²) >= 11 is 2.09. The highest BCUT2D eigenvalue weighted by atomic mass is 32.2. The maximum Gasteiger partial charge on any atom is 0.296 e. The Morgan fingerprint density at radius 3 is 2.28 bits per heavy atom. The molecule has 3 aromatic heterocycles. The van der Waals surface area contributed by atoms with Crippen molar-refractivity contribution in [1.29, 1.82) is 5.26 Å². The molecule has 1 amide bonds. The number of pyridine rings is 1. The Morgan fingerprint density at radius 1 is 0.893 bits per heavy atom. The molecule has 0 saturated carbocycles. The number of aliphatic hydroxyl groups is 1. The maximum atomic E-state index is 12.3. The summed E-state index contributed by atoms with van der Waals surface area (Å²) in [5.74, 6) is -1.82. The van der Waals surface area contributed by atoms with Crippen LogP contribution in [0.3, 0.4) is 0 Å². The van der Waals surface area contributed by atoms with Crippen LogP contribution in [-0.2, 0) is 41.8 Å². The fraction of sp³-hybridized carbons (Fsp3) is 0.217. The topological polar surface area (TPSA) is 370 Å². The summed E-state index contributed by atoms with van der Waals surface area (Å²) in [7, 11) is -13.4. The van der Waals surface area contributed by atoms with Crippen LogP contribution in [-0.4, -0.2) is 93.3 Å². The Balaban J connectivity index is 1.28. The Kier molecular flexibility index (Phi) is 17.0. The molecule has 0 aliphatic rings. The molecule has 24 nitrogen and oxygen atoms in total. The van der Waals surface area contributed by atoms with Crippen LogP contribution in [0.4, 0.5) is 39.3 Å². The number of aliphatic hydroxyl groups excluding tert-OH is 1. The van der Waals surface area contributed by atoms with Gasteiger partial charge in [-0.3, -0.25) is 22.9 Å². The van der Waals surface area contributed by atoms with Crippen LogP contribution in [0, 0.1) is 25.2 Å². The molecule has 4 aromatic carbocycles. The van der Waals surface area contributed by atoms with Gasteiger partial charge in [-0.05, 0) is 92.1 Å². The molecule has 75 heavy (non-hydrogen) atoms. The summed E-state index contributed by atoms with van der Waals surface area (Å²) in [5.41, 5.74) is 2.96. The van der Waals surface area contributed by atoms with E-state index in [4.69, 9.17) is 4.74 Å². The van der Waals surface area contributed by atoms with E-state index in [1.54, 1.807) is 50.3 Å². The molecule has 0 atom stereocenters. The molecule has 390 valence electrons. The van der Waals surface area contributed by atoms with Crippen molar-refractivity contribution in [2.24, 2.45) is 30.7 Å². The lowest BCUT2D eigenvalue weighted by molar-refractivity contribution is -0.114. The molecular weight excluding hydrogens is 1070 g/mol. The molecule has 0 aliphatic heterocycles. The normalized spacial score (nSPS) is 12.6. The SMILES string of the molecule is C=CC=Cc1cc(S(=O)(=O)O)c2nc(N=Nc3cc(SCCCS(=O)(=O)O)c(N=Nc4cc(OCCCS(=O)(=O)O)c(N=Nc5c(C)c(C#N)c6nc7ccc(NC(C)=O)cc7n6c5O)cc4C)cc3CO)sc2c1. The molecule has 7 aromatic rings. The highest BCUT2D eigenvalue weighted by Crippen LogP contribution is 2.43. The fourth-order valence-electron chi connectivity index (χ4n) is 7.21. The molecule has 3 heterocycles. The van der Waals surface area contributed by atoms with Gasteiger partial charge < -0.3 is 20.3 Å². The molecular formula is C46H43N11O13S5. The molecule has 6 N–H and O–H groups in total. The Bertz CT molecular complexity index is 3960. The number of imidazole rings is 1. The van der Waals surface area contributed by atoms with Crippen LogP contribution in [0.2, 0.25) is 0 Å². The second-order valence-corrected chi connectivity index (χ2v) is 22.8. The zero-order chi connectivity index (χ0) is 54.4. The number of nitrogens with zero attached hydrogens (tertiary/aromatic N) is 10. The van der Waals surface area contributed by atoms with Gasteiger partial charge >= 0.3 is 0 Å². The van der Waals surface area contributed by atoms with E-state index in [2.05, 4.69) is 58.6 Å². The van der Waals surface area contributed by atoms with Crippen LogP contribution in [0.5, 0.6) is 11.6 Å². The van der Waals surface area contributed by atoms with E-state index in [1.165, 1.54) is 47.7 Å². The largest absolute Gasteiger partial charge is 0.493 e. The first-order chi connectivity index (χ1) is 35.5. The number of anilines is 1. The number of thioether (sulfide) groups is 1. The van der Waals surface area contributed by atoms with E-state index in [0.717, 1.165) is 23.1 Å². The number of nitriles is 1. The number of nitrogens with one attached hydrogen (secondary N) is 1. The van der Waals surface area contributed by atoms with Gasteiger partial charge in [-0.15, -0.1) is 37.3 Å². The Hall–Kier alpha value is -7.40.